The number of carbonyl (C=O) groups excluding carboxylic acids is 1. The summed E-state index contributed by atoms with van der Waals surface area (Å²) in [4.78, 5) is 26.5. The highest BCUT2D eigenvalue weighted by Crippen LogP contribution is 2.42. The highest BCUT2D eigenvalue weighted by molar-refractivity contribution is 6.30. The van der Waals surface area contributed by atoms with Crippen LogP contribution in [0.4, 0.5) is 5.82 Å². The number of benzene rings is 1. The lowest BCUT2D eigenvalue weighted by atomic mass is 9.85. The number of amides is 1. The van der Waals surface area contributed by atoms with Gasteiger partial charge < -0.3 is 20.6 Å². The van der Waals surface area contributed by atoms with E-state index in [9.17, 15) is 9.90 Å². The van der Waals surface area contributed by atoms with E-state index in [1.165, 1.54) is 6.33 Å². The van der Waals surface area contributed by atoms with Crippen LogP contribution in [0.15, 0.2) is 30.6 Å². The van der Waals surface area contributed by atoms with E-state index in [1.807, 2.05) is 43.0 Å². The van der Waals surface area contributed by atoms with Crippen molar-refractivity contribution < 1.29 is 9.90 Å². The Balaban J connectivity index is 1.50. The van der Waals surface area contributed by atoms with Crippen LogP contribution in [0.3, 0.4) is 0 Å². The quantitative estimate of drug-likeness (QED) is 0.715. The first-order valence-electron chi connectivity index (χ1n) is 11.2. The summed E-state index contributed by atoms with van der Waals surface area (Å²) < 4.78 is 0. The summed E-state index contributed by atoms with van der Waals surface area (Å²) in [7, 11) is 0. The molecular weight excluding hydrogens is 426 g/mol. The summed E-state index contributed by atoms with van der Waals surface area (Å²) in [6, 6.07) is 7.49. The van der Waals surface area contributed by atoms with Gasteiger partial charge in [0.25, 0.3) is 0 Å². The Kier molecular flexibility index (Phi) is 6.43. The predicted molar refractivity (Wildman–Crippen MR) is 126 cm³/mol. The number of piperazine rings is 1. The van der Waals surface area contributed by atoms with Crippen LogP contribution in [0.5, 0.6) is 0 Å². The second-order valence-corrected chi connectivity index (χ2v) is 10.2. The van der Waals surface area contributed by atoms with Gasteiger partial charge in [-0.05, 0) is 50.3 Å². The maximum atomic E-state index is 13.5. The highest BCUT2D eigenvalue weighted by atomic mass is 35.5. The third kappa shape index (κ3) is 4.75. The van der Waals surface area contributed by atoms with Crippen molar-refractivity contribution in [2.24, 2.45) is 5.73 Å². The average molecular weight is 458 g/mol. The van der Waals surface area contributed by atoms with Gasteiger partial charge in [-0.25, -0.2) is 9.97 Å². The van der Waals surface area contributed by atoms with Crippen molar-refractivity contribution in [1.29, 1.82) is 0 Å². The number of anilines is 1. The van der Waals surface area contributed by atoms with Crippen molar-refractivity contribution in [3.05, 3.63) is 52.4 Å². The Labute approximate surface area is 194 Å². The fraction of sp³-hybridized carbons (Fsp3) is 0.542. The Morgan fingerprint density at radius 3 is 2.50 bits per heavy atom. The monoisotopic (exact) mass is 457 g/mol. The van der Waals surface area contributed by atoms with Gasteiger partial charge in [-0.3, -0.25) is 4.79 Å². The number of carbonyl (C=O) groups is 1. The number of hydrogen-bond acceptors (Lipinski definition) is 6. The van der Waals surface area contributed by atoms with E-state index in [0.717, 1.165) is 22.6 Å². The fourth-order valence-corrected chi connectivity index (χ4v) is 5.01. The van der Waals surface area contributed by atoms with Crippen molar-refractivity contribution in [2.45, 2.75) is 57.1 Å². The summed E-state index contributed by atoms with van der Waals surface area (Å²) in [6.07, 6.45) is 2.25. The number of fused-ring (bicyclic) bond motifs is 1. The molecule has 1 aromatic carbocycles. The minimum Gasteiger partial charge on any atom is -0.387 e. The highest BCUT2D eigenvalue weighted by Gasteiger charge is 2.35. The van der Waals surface area contributed by atoms with Crippen LogP contribution >= 0.6 is 11.6 Å². The van der Waals surface area contributed by atoms with Crippen molar-refractivity contribution in [1.82, 2.24) is 14.9 Å². The van der Waals surface area contributed by atoms with Gasteiger partial charge in [0, 0.05) is 42.3 Å². The van der Waals surface area contributed by atoms with Crippen molar-refractivity contribution in [3.63, 3.8) is 0 Å². The van der Waals surface area contributed by atoms with E-state index in [0.29, 0.717) is 44.0 Å². The third-order valence-corrected chi connectivity index (χ3v) is 6.72. The van der Waals surface area contributed by atoms with Gasteiger partial charge >= 0.3 is 0 Å². The number of nitrogens with zero attached hydrogens (tertiary/aromatic N) is 4. The van der Waals surface area contributed by atoms with Gasteiger partial charge in [0.2, 0.25) is 5.91 Å². The van der Waals surface area contributed by atoms with Gasteiger partial charge in [0.05, 0.1) is 17.7 Å². The number of aromatic nitrogens is 2. The predicted octanol–water partition coefficient (Wildman–Crippen LogP) is 3.23. The van der Waals surface area contributed by atoms with Crippen LogP contribution in [-0.4, -0.2) is 57.6 Å². The van der Waals surface area contributed by atoms with E-state index in [2.05, 4.69) is 21.8 Å². The first-order valence-corrected chi connectivity index (χ1v) is 11.6. The molecule has 0 radical (unpaired) electrons. The van der Waals surface area contributed by atoms with E-state index in [-0.39, 0.29) is 17.7 Å². The van der Waals surface area contributed by atoms with Crippen molar-refractivity contribution >= 4 is 23.3 Å². The first-order chi connectivity index (χ1) is 15.1. The van der Waals surface area contributed by atoms with Crippen molar-refractivity contribution in [3.8, 4) is 0 Å². The maximum Gasteiger partial charge on any atom is 0.230 e. The third-order valence-electron chi connectivity index (χ3n) is 6.47. The summed E-state index contributed by atoms with van der Waals surface area (Å²) in [6.45, 7) is 8.62. The molecule has 0 spiro atoms. The first kappa shape index (κ1) is 23.0. The molecular formula is C24H32ClN5O2. The van der Waals surface area contributed by atoms with Gasteiger partial charge in [-0.1, -0.05) is 30.7 Å². The van der Waals surface area contributed by atoms with Crippen LogP contribution in [0.1, 0.15) is 68.4 Å². The Bertz CT molecular complexity index is 967. The molecule has 3 atom stereocenters. The Morgan fingerprint density at radius 1 is 1.22 bits per heavy atom. The molecule has 1 saturated heterocycles. The second-order valence-electron chi connectivity index (χ2n) is 9.76. The number of aliphatic hydroxyl groups is 1. The summed E-state index contributed by atoms with van der Waals surface area (Å²) in [5.74, 6) is 0.903. The molecule has 1 aliphatic heterocycles. The minimum atomic E-state index is -0.524. The van der Waals surface area contributed by atoms with E-state index < -0.39 is 11.6 Å². The molecule has 1 amide bonds. The normalized spacial score (nSPS) is 22.1. The zero-order valence-electron chi connectivity index (χ0n) is 19.0. The summed E-state index contributed by atoms with van der Waals surface area (Å²) >= 11 is 6.06. The van der Waals surface area contributed by atoms with Crippen molar-refractivity contribution in [2.75, 3.05) is 31.1 Å². The molecule has 1 aromatic heterocycles. The van der Waals surface area contributed by atoms with Gasteiger partial charge in [0.1, 0.15) is 12.1 Å². The number of nitrogens with two attached hydrogens (primary N) is 1. The standard InChI is InChI=1S/C24H32ClN5O2/c1-15-12-19(31)21-20(15)22(28-14-27-21)29-8-10-30(11-9-29)23(32)18(13-24(2,3)26)16-4-6-17(25)7-5-16/h4-7,14-15,18-19,31H,8-13,26H2,1-3H3/t15?,18-,19-/m1/s1. The lowest BCUT2D eigenvalue weighted by molar-refractivity contribution is -0.133. The molecule has 2 heterocycles. The van der Waals surface area contributed by atoms with Gasteiger partial charge in [-0.15, -0.1) is 0 Å². The zero-order chi connectivity index (χ0) is 23.0. The largest absolute Gasteiger partial charge is 0.387 e. The van der Waals surface area contributed by atoms with E-state index in [4.69, 9.17) is 17.3 Å². The maximum absolute atomic E-state index is 13.5. The molecule has 0 bridgehead atoms. The molecule has 1 aliphatic carbocycles. The number of halogens is 1. The van der Waals surface area contributed by atoms with E-state index >= 15 is 0 Å². The fourth-order valence-electron chi connectivity index (χ4n) is 4.88. The molecule has 1 unspecified atom stereocenters. The number of hydrogen-bond donors (Lipinski definition) is 2. The molecule has 172 valence electrons. The van der Waals surface area contributed by atoms with Gasteiger partial charge in [0.15, 0.2) is 0 Å². The van der Waals surface area contributed by atoms with E-state index in [1.54, 1.807) is 0 Å². The molecule has 2 aromatic rings. The second kappa shape index (κ2) is 8.96. The molecule has 7 nitrogen and oxygen atoms in total. The summed E-state index contributed by atoms with van der Waals surface area (Å²) in [5, 5.41) is 10.9. The molecule has 8 heteroatoms. The summed E-state index contributed by atoms with van der Waals surface area (Å²) in [5.41, 5.74) is 8.56. The molecule has 0 saturated carbocycles. The molecule has 3 N–H and O–H groups in total. The Morgan fingerprint density at radius 2 is 1.88 bits per heavy atom. The van der Waals surface area contributed by atoms with Crippen LogP contribution in [0.25, 0.3) is 0 Å². The number of rotatable bonds is 5. The lowest BCUT2D eigenvalue weighted by Gasteiger charge is -2.38. The minimum absolute atomic E-state index is 0.0993. The smallest absolute Gasteiger partial charge is 0.230 e. The average Bonchev–Trinajstić information content (AvgIpc) is 3.05. The Hall–Kier alpha value is -2.22. The van der Waals surface area contributed by atoms with Crippen LogP contribution in [-0.2, 0) is 4.79 Å². The molecule has 4 rings (SSSR count). The topological polar surface area (TPSA) is 95.6 Å². The lowest BCUT2D eigenvalue weighted by Crippen LogP contribution is -2.51. The SMILES string of the molecule is CC1C[C@@H](O)c2ncnc(N3CCN(C(=O)[C@H](CC(C)(C)N)c4ccc(Cl)cc4)CC3)c21. The zero-order valence-corrected chi connectivity index (χ0v) is 19.7. The van der Waals surface area contributed by atoms with Gasteiger partial charge in [-0.2, -0.15) is 0 Å². The molecule has 1 fully saturated rings. The molecule has 2 aliphatic rings. The van der Waals surface area contributed by atoms with Crippen LogP contribution < -0.4 is 10.6 Å². The van der Waals surface area contributed by atoms with Crippen LogP contribution in [0, 0.1) is 0 Å². The van der Waals surface area contributed by atoms with Crippen LogP contribution in [0.2, 0.25) is 5.02 Å². The number of aliphatic hydroxyl groups excluding tert-OH is 1. The molecule has 32 heavy (non-hydrogen) atoms.